The molecule has 2 heterocycles. The van der Waals surface area contributed by atoms with E-state index in [-0.39, 0.29) is 11.6 Å². The molecule has 2 unspecified atom stereocenters. The van der Waals surface area contributed by atoms with Crippen LogP contribution >= 0.6 is 0 Å². The van der Waals surface area contributed by atoms with Gasteiger partial charge in [0, 0.05) is 30.4 Å². The van der Waals surface area contributed by atoms with Gasteiger partial charge >= 0.3 is 0 Å². The van der Waals surface area contributed by atoms with Gasteiger partial charge in [-0.05, 0) is 30.9 Å². The van der Waals surface area contributed by atoms with Gasteiger partial charge in [-0.3, -0.25) is 4.68 Å². The van der Waals surface area contributed by atoms with Gasteiger partial charge in [-0.1, -0.05) is 12.2 Å². The number of hydrogen-bond acceptors (Lipinski definition) is 2. The third-order valence-corrected chi connectivity index (χ3v) is 3.86. The lowest BCUT2D eigenvalue weighted by atomic mass is 9.80. The molecule has 1 aromatic rings. The van der Waals surface area contributed by atoms with Crippen LogP contribution in [0.4, 0.5) is 8.78 Å². The molecule has 1 aliphatic heterocycles. The molecule has 0 spiro atoms. The number of allylic oxidation sites excluding steroid dienone is 2. The van der Waals surface area contributed by atoms with E-state index in [1.165, 1.54) is 0 Å². The number of rotatable bonds is 2. The first kappa shape index (κ1) is 12.5. The van der Waals surface area contributed by atoms with Crippen LogP contribution in [-0.2, 0) is 7.05 Å². The first-order valence-corrected chi connectivity index (χ1v) is 6.59. The highest BCUT2D eigenvalue weighted by Crippen LogP contribution is 2.36. The maximum absolute atomic E-state index is 13.3. The Balaban J connectivity index is 1.99. The molecule has 102 valence electrons. The van der Waals surface area contributed by atoms with Gasteiger partial charge in [0.15, 0.2) is 0 Å². The third-order valence-electron chi connectivity index (χ3n) is 3.86. The Hall–Kier alpha value is -1.49. The lowest BCUT2D eigenvalue weighted by molar-refractivity contribution is 0.192. The Morgan fingerprint density at radius 3 is 2.95 bits per heavy atom. The minimum absolute atomic E-state index is 0.0539. The fraction of sp³-hybridized carbons (Fsp3) is 0.500. The Bertz CT molecular complexity index is 531. The van der Waals surface area contributed by atoms with E-state index in [0.29, 0.717) is 11.5 Å². The molecule has 19 heavy (non-hydrogen) atoms. The van der Waals surface area contributed by atoms with Crippen molar-refractivity contribution in [2.24, 2.45) is 13.0 Å². The summed E-state index contributed by atoms with van der Waals surface area (Å²) in [6.07, 6.45) is 6.84. The molecule has 1 fully saturated rings. The van der Waals surface area contributed by atoms with Crippen LogP contribution < -0.4 is 5.32 Å². The van der Waals surface area contributed by atoms with Crippen LogP contribution in [0.1, 0.15) is 18.4 Å². The number of alkyl halides is 2. The molecule has 1 aliphatic carbocycles. The SMILES string of the molecule is Cn1cc(C2=CC3CCCNC3C=C2C(F)F)cn1. The number of hydrogen-bond donors (Lipinski definition) is 1. The van der Waals surface area contributed by atoms with Crippen molar-refractivity contribution in [3.8, 4) is 0 Å². The normalized spacial score (nSPS) is 26.9. The lowest BCUT2D eigenvalue weighted by Crippen LogP contribution is -2.41. The summed E-state index contributed by atoms with van der Waals surface area (Å²) in [5, 5.41) is 7.39. The van der Waals surface area contributed by atoms with E-state index >= 15 is 0 Å². The highest BCUT2D eigenvalue weighted by Gasteiger charge is 2.30. The van der Waals surface area contributed by atoms with Crippen molar-refractivity contribution >= 4 is 5.57 Å². The molecule has 1 aromatic heterocycles. The second-order valence-corrected chi connectivity index (χ2v) is 5.19. The summed E-state index contributed by atoms with van der Waals surface area (Å²) in [5.74, 6) is 0.312. The van der Waals surface area contributed by atoms with Gasteiger partial charge in [-0.15, -0.1) is 0 Å². The standard InChI is InChI=1S/C14H17F2N3/c1-19-8-10(7-18-19)11-5-9-3-2-4-17-13(9)6-12(11)14(15)16/h5-9,13-14,17H,2-4H2,1H3. The molecular formula is C14H17F2N3. The molecule has 2 aliphatic rings. The smallest absolute Gasteiger partial charge is 0.264 e. The van der Waals surface area contributed by atoms with E-state index in [4.69, 9.17) is 0 Å². The number of nitrogens with one attached hydrogen (secondary N) is 1. The number of aromatic nitrogens is 2. The molecule has 0 radical (unpaired) electrons. The molecule has 0 aromatic carbocycles. The van der Waals surface area contributed by atoms with Crippen LogP contribution in [0.15, 0.2) is 30.1 Å². The van der Waals surface area contributed by atoms with Gasteiger partial charge < -0.3 is 5.32 Å². The zero-order valence-corrected chi connectivity index (χ0v) is 10.8. The highest BCUT2D eigenvalue weighted by atomic mass is 19.3. The summed E-state index contributed by atoms with van der Waals surface area (Å²) >= 11 is 0. The van der Waals surface area contributed by atoms with Gasteiger partial charge in [0.1, 0.15) is 0 Å². The first-order chi connectivity index (χ1) is 9.15. The minimum atomic E-state index is -2.45. The second kappa shape index (κ2) is 4.89. The average molecular weight is 265 g/mol. The lowest BCUT2D eigenvalue weighted by Gasteiger charge is -2.33. The van der Waals surface area contributed by atoms with Crippen LogP contribution in [0.3, 0.4) is 0 Å². The second-order valence-electron chi connectivity index (χ2n) is 5.19. The topological polar surface area (TPSA) is 29.9 Å². The van der Waals surface area contributed by atoms with Crippen molar-refractivity contribution in [2.75, 3.05) is 6.54 Å². The number of nitrogens with zero attached hydrogens (tertiary/aromatic N) is 2. The summed E-state index contributed by atoms with van der Waals surface area (Å²) in [4.78, 5) is 0. The summed E-state index contributed by atoms with van der Waals surface area (Å²) in [5.41, 5.74) is 1.55. The van der Waals surface area contributed by atoms with Gasteiger partial charge in [-0.25, -0.2) is 8.78 Å². The van der Waals surface area contributed by atoms with Crippen molar-refractivity contribution in [3.05, 3.63) is 35.7 Å². The van der Waals surface area contributed by atoms with Crippen LogP contribution in [-0.4, -0.2) is 28.8 Å². The molecule has 0 saturated carbocycles. The highest BCUT2D eigenvalue weighted by molar-refractivity contribution is 5.80. The van der Waals surface area contributed by atoms with E-state index in [0.717, 1.165) is 24.9 Å². The van der Waals surface area contributed by atoms with Crippen molar-refractivity contribution in [3.63, 3.8) is 0 Å². The Morgan fingerprint density at radius 1 is 1.42 bits per heavy atom. The minimum Gasteiger partial charge on any atom is -0.310 e. The monoisotopic (exact) mass is 265 g/mol. The fourth-order valence-corrected chi connectivity index (χ4v) is 2.91. The maximum Gasteiger partial charge on any atom is 0.264 e. The van der Waals surface area contributed by atoms with Crippen molar-refractivity contribution < 1.29 is 8.78 Å². The Morgan fingerprint density at radius 2 is 2.26 bits per heavy atom. The van der Waals surface area contributed by atoms with Gasteiger partial charge in [0.25, 0.3) is 6.43 Å². The quantitative estimate of drug-likeness (QED) is 0.889. The number of halogens is 2. The van der Waals surface area contributed by atoms with E-state index in [9.17, 15) is 8.78 Å². The zero-order chi connectivity index (χ0) is 13.4. The number of aryl methyl sites for hydroxylation is 1. The molecule has 0 amide bonds. The predicted molar refractivity (Wildman–Crippen MR) is 69.8 cm³/mol. The number of piperidine rings is 1. The molecule has 0 bridgehead atoms. The van der Waals surface area contributed by atoms with Crippen LogP contribution in [0.2, 0.25) is 0 Å². The average Bonchev–Trinajstić information content (AvgIpc) is 2.83. The molecule has 2 atom stereocenters. The van der Waals surface area contributed by atoms with Crippen molar-refractivity contribution in [1.29, 1.82) is 0 Å². The van der Waals surface area contributed by atoms with Crippen molar-refractivity contribution in [1.82, 2.24) is 15.1 Å². The summed E-state index contributed by atoms with van der Waals surface area (Å²) in [6.45, 7) is 0.907. The van der Waals surface area contributed by atoms with Crippen molar-refractivity contribution in [2.45, 2.75) is 25.3 Å². The molecule has 5 heteroatoms. The van der Waals surface area contributed by atoms with Crippen LogP contribution in [0.5, 0.6) is 0 Å². The van der Waals surface area contributed by atoms with Gasteiger partial charge in [0.05, 0.1) is 6.20 Å². The Labute approximate surface area is 111 Å². The largest absolute Gasteiger partial charge is 0.310 e. The summed E-state index contributed by atoms with van der Waals surface area (Å²) in [7, 11) is 1.80. The van der Waals surface area contributed by atoms with E-state index < -0.39 is 6.43 Å². The predicted octanol–water partition coefficient (Wildman–Crippen LogP) is 2.38. The maximum atomic E-state index is 13.3. The van der Waals surface area contributed by atoms with E-state index in [1.54, 1.807) is 30.2 Å². The van der Waals surface area contributed by atoms with Gasteiger partial charge in [-0.2, -0.15) is 5.10 Å². The zero-order valence-electron chi connectivity index (χ0n) is 10.8. The van der Waals surface area contributed by atoms with E-state index in [2.05, 4.69) is 10.4 Å². The Kier molecular flexibility index (Phi) is 3.22. The number of fused-ring (bicyclic) bond motifs is 1. The molecular weight excluding hydrogens is 248 g/mol. The summed E-state index contributed by atoms with van der Waals surface area (Å²) < 4.78 is 28.2. The molecule has 3 nitrogen and oxygen atoms in total. The molecule has 1 N–H and O–H groups in total. The fourth-order valence-electron chi connectivity index (χ4n) is 2.91. The van der Waals surface area contributed by atoms with Crippen LogP contribution in [0.25, 0.3) is 5.57 Å². The molecule has 1 saturated heterocycles. The molecule has 3 rings (SSSR count). The third kappa shape index (κ3) is 2.34. The first-order valence-electron chi connectivity index (χ1n) is 6.59. The van der Waals surface area contributed by atoms with E-state index in [1.807, 2.05) is 6.08 Å². The van der Waals surface area contributed by atoms with Gasteiger partial charge in [0.2, 0.25) is 0 Å². The summed E-state index contributed by atoms with van der Waals surface area (Å²) in [6, 6.07) is 0.0539. The van der Waals surface area contributed by atoms with Crippen LogP contribution in [0, 0.1) is 5.92 Å².